The normalized spacial score (nSPS) is 10.4. The molecule has 0 bridgehead atoms. The second-order valence-corrected chi connectivity index (χ2v) is 5.68. The highest BCUT2D eigenvalue weighted by Gasteiger charge is 2.10. The number of carbonyl (C=O) groups excluding carboxylic acids is 1. The van der Waals surface area contributed by atoms with E-state index in [1.54, 1.807) is 11.3 Å². The van der Waals surface area contributed by atoms with Gasteiger partial charge in [-0.2, -0.15) is 0 Å². The van der Waals surface area contributed by atoms with Crippen molar-refractivity contribution in [3.63, 3.8) is 0 Å². The van der Waals surface area contributed by atoms with Crippen LogP contribution in [0.2, 0.25) is 5.02 Å². The molecule has 0 aliphatic rings. The molecule has 0 saturated carbocycles. The maximum atomic E-state index is 11.9. The molecule has 0 saturated heterocycles. The molecule has 1 aromatic heterocycles. The average Bonchev–Trinajstić information content (AvgIpc) is 2.76. The summed E-state index contributed by atoms with van der Waals surface area (Å²) < 4.78 is 0. The number of hydrogen-bond acceptors (Lipinski definition) is 2. The molecule has 2 rings (SSSR count). The van der Waals surface area contributed by atoms with Gasteiger partial charge in [0.25, 0.3) is 0 Å². The van der Waals surface area contributed by atoms with Crippen LogP contribution in [0.3, 0.4) is 0 Å². The maximum absolute atomic E-state index is 11.9. The highest BCUT2D eigenvalue weighted by atomic mass is 35.5. The average molecular weight is 280 g/mol. The molecule has 94 valence electrons. The molecule has 0 aliphatic heterocycles. The quantitative estimate of drug-likeness (QED) is 0.896. The summed E-state index contributed by atoms with van der Waals surface area (Å²) in [6, 6.07) is 7.76. The number of nitrogens with one attached hydrogen (secondary N) is 1. The maximum Gasteiger partial charge on any atom is 0.229 e. The number of carbonyl (C=O) groups is 1. The molecule has 0 fully saturated rings. The van der Waals surface area contributed by atoms with Crippen molar-refractivity contribution in [1.29, 1.82) is 0 Å². The van der Waals surface area contributed by atoms with Crippen LogP contribution in [0.1, 0.15) is 16.0 Å². The van der Waals surface area contributed by atoms with E-state index in [0.717, 1.165) is 16.0 Å². The van der Waals surface area contributed by atoms with Crippen molar-refractivity contribution in [3.05, 3.63) is 50.7 Å². The lowest BCUT2D eigenvalue weighted by Crippen LogP contribution is -2.15. The molecule has 0 atom stereocenters. The van der Waals surface area contributed by atoms with Crippen LogP contribution in [-0.2, 0) is 11.2 Å². The van der Waals surface area contributed by atoms with Crippen LogP contribution < -0.4 is 5.32 Å². The molecule has 18 heavy (non-hydrogen) atoms. The number of halogens is 1. The number of amides is 1. The predicted octanol–water partition coefficient (Wildman–Crippen LogP) is 4.20. The smallest absolute Gasteiger partial charge is 0.229 e. The van der Waals surface area contributed by atoms with Crippen LogP contribution >= 0.6 is 22.9 Å². The van der Waals surface area contributed by atoms with Gasteiger partial charge >= 0.3 is 0 Å². The fourth-order valence-corrected chi connectivity index (χ4v) is 2.90. The van der Waals surface area contributed by atoms with Gasteiger partial charge in [-0.05, 0) is 42.5 Å². The van der Waals surface area contributed by atoms with E-state index in [9.17, 15) is 4.79 Å². The van der Waals surface area contributed by atoms with E-state index in [1.165, 1.54) is 0 Å². The predicted molar refractivity (Wildman–Crippen MR) is 77.6 cm³/mol. The molecular weight excluding hydrogens is 266 g/mol. The van der Waals surface area contributed by atoms with E-state index in [-0.39, 0.29) is 5.91 Å². The van der Waals surface area contributed by atoms with Crippen molar-refractivity contribution < 1.29 is 4.79 Å². The first-order valence-electron chi connectivity index (χ1n) is 5.65. The van der Waals surface area contributed by atoms with Gasteiger partial charge in [-0.25, -0.2) is 0 Å². The lowest BCUT2D eigenvalue weighted by Gasteiger charge is -2.11. The lowest BCUT2D eigenvalue weighted by atomic mass is 10.1. The summed E-state index contributed by atoms with van der Waals surface area (Å²) >= 11 is 7.73. The van der Waals surface area contributed by atoms with Crippen molar-refractivity contribution >= 4 is 34.5 Å². The van der Waals surface area contributed by atoms with Gasteiger partial charge in [0.05, 0.1) is 17.1 Å². The highest BCUT2D eigenvalue weighted by Crippen LogP contribution is 2.27. The summed E-state index contributed by atoms with van der Waals surface area (Å²) in [6.45, 7) is 3.93. The van der Waals surface area contributed by atoms with Gasteiger partial charge in [-0.3, -0.25) is 4.79 Å². The number of benzene rings is 1. The minimum atomic E-state index is -0.0358. The van der Waals surface area contributed by atoms with Gasteiger partial charge in [-0.15, -0.1) is 11.3 Å². The molecule has 2 nitrogen and oxygen atoms in total. The fourth-order valence-electron chi connectivity index (χ4n) is 1.83. The van der Waals surface area contributed by atoms with Crippen LogP contribution in [0.15, 0.2) is 29.6 Å². The van der Waals surface area contributed by atoms with E-state index < -0.39 is 0 Å². The van der Waals surface area contributed by atoms with Crippen molar-refractivity contribution in [3.8, 4) is 0 Å². The van der Waals surface area contributed by atoms with E-state index in [1.807, 2.05) is 43.5 Å². The number of rotatable bonds is 3. The van der Waals surface area contributed by atoms with Crippen molar-refractivity contribution in [2.24, 2.45) is 0 Å². The fraction of sp³-hybridized carbons (Fsp3) is 0.214. The van der Waals surface area contributed by atoms with Gasteiger partial charge in [0.2, 0.25) is 5.91 Å². The second kappa shape index (κ2) is 5.55. The molecule has 1 amide bonds. The summed E-state index contributed by atoms with van der Waals surface area (Å²) in [4.78, 5) is 13.0. The van der Waals surface area contributed by atoms with Crippen LogP contribution in [0, 0.1) is 13.8 Å². The molecule has 4 heteroatoms. The largest absolute Gasteiger partial charge is 0.324 e. The second-order valence-electron chi connectivity index (χ2n) is 4.24. The molecule has 0 radical (unpaired) electrons. The Morgan fingerprint density at radius 2 is 2.17 bits per heavy atom. The zero-order chi connectivity index (χ0) is 13.1. The Morgan fingerprint density at radius 1 is 1.39 bits per heavy atom. The van der Waals surface area contributed by atoms with E-state index >= 15 is 0 Å². The third kappa shape index (κ3) is 3.12. The minimum Gasteiger partial charge on any atom is -0.324 e. The number of anilines is 1. The van der Waals surface area contributed by atoms with Gasteiger partial charge < -0.3 is 5.32 Å². The van der Waals surface area contributed by atoms with Crippen molar-refractivity contribution in [1.82, 2.24) is 0 Å². The minimum absolute atomic E-state index is 0.0358. The summed E-state index contributed by atoms with van der Waals surface area (Å²) in [5.74, 6) is -0.0358. The van der Waals surface area contributed by atoms with Gasteiger partial charge in [-0.1, -0.05) is 23.7 Å². The Labute approximate surface area is 116 Å². The molecule has 0 unspecified atom stereocenters. The van der Waals surface area contributed by atoms with E-state index in [4.69, 9.17) is 11.6 Å². The third-order valence-corrected chi connectivity index (χ3v) is 3.79. The summed E-state index contributed by atoms with van der Waals surface area (Å²) in [5, 5.41) is 5.43. The Morgan fingerprint density at radius 3 is 2.78 bits per heavy atom. The molecule has 0 aliphatic carbocycles. The summed E-state index contributed by atoms with van der Waals surface area (Å²) in [7, 11) is 0. The molecule has 2 aromatic rings. The first-order chi connectivity index (χ1) is 8.56. The molecule has 1 aromatic carbocycles. The molecular formula is C14H14ClNOS. The highest BCUT2D eigenvalue weighted by molar-refractivity contribution is 7.10. The van der Waals surface area contributed by atoms with Crippen molar-refractivity contribution in [2.75, 3.05) is 5.32 Å². The first kappa shape index (κ1) is 13.1. The Bertz CT molecular complexity index is 540. The summed E-state index contributed by atoms with van der Waals surface area (Å²) in [6.07, 6.45) is 0.390. The SMILES string of the molecule is Cc1cc(C)c(NC(=O)Cc2cccs2)c(Cl)c1. The molecule has 0 spiro atoms. The van der Waals surface area contributed by atoms with Crippen LogP contribution in [0.5, 0.6) is 0 Å². The van der Waals surface area contributed by atoms with Crippen LogP contribution in [0.25, 0.3) is 0 Å². The lowest BCUT2D eigenvalue weighted by molar-refractivity contribution is -0.115. The number of thiophene rings is 1. The van der Waals surface area contributed by atoms with Gasteiger partial charge in [0.1, 0.15) is 0 Å². The van der Waals surface area contributed by atoms with Crippen LogP contribution in [0.4, 0.5) is 5.69 Å². The van der Waals surface area contributed by atoms with Crippen LogP contribution in [-0.4, -0.2) is 5.91 Å². The van der Waals surface area contributed by atoms with Gasteiger partial charge in [0.15, 0.2) is 0 Å². The van der Waals surface area contributed by atoms with Gasteiger partial charge in [0, 0.05) is 4.88 Å². The third-order valence-electron chi connectivity index (χ3n) is 2.61. The summed E-state index contributed by atoms with van der Waals surface area (Å²) in [5.41, 5.74) is 2.79. The Kier molecular flexibility index (Phi) is 4.04. The topological polar surface area (TPSA) is 29.1 Å². The first-order valence-corrected chi connectivity index (χ1v) is 6.91. The Hall–Kier alpha value is -1.32. The zero-order valence-electron chi connectivity index (χ0n) is 10.3. The standard InChI is InChI=1S/C14H14ClNOS/c1-9-6-10(2)14(12(15)7-9)16-13(17)8-11-4-3-5-18-11/h3-7H,8H2,1-2H3,(H,16,17). The molecule has 1 N–H and O–H groups in total. The Balaban J connectivity index is 2.12. The number of aryl methyl sites for hydroxylation is 2. The van der Waals surface area contributed by atoms with Crippen molar-refractivity contribution in [2.45, 2.75) is 20.3 Å². The number of hydrogen-bond donors (Lipinski definition) is 1. The molecule has 1 heterocycles. The van der Waals surface area contributed by atoms with E-state index in [2.05, 4.69) is 5.32 Å². The monoisotopic (exact) mass is 279 g/mol. The van der Waals surface area contributed by atoms with E-state index in [0.29, 0.717) is 17.1 Å². The zero-order valence-corrected chi connectivity index (χ0v) is 11.9.